The van der Waals surface area contributed by atoms with E-state index in [1.165, 1.54) is 6.26 Å². The number of ether oxygens (including phenoxy) is 1. The van der Waals surface area contributed by atoms with E-state index in [9.17, 15) is 4.79 Å². The molecule has 0 radical (unpaired) electrons. The van der Waals surface area contributed by atoms with Gasteiger partial charge in [0, 0.05) is 24.6 Å². The second-order valence-corrected chi connectivity index (χ2v) is 4.56. The fourth-order valence-corrected chi connectivity index (χ4v) is 2.37. The van der Waals surface area contributed by atoms with E-state index in [0.29, 0.717) is 12.6 Å². The minimum absolute atomic E-state index is 0.245. The Kier molecular flexibility index (Phi) is 3.71. The summed E-state index contributed by atoms with van der Waals surface area (Å²) in [6.07, 6.45) is 1.36. The number of nitrogens with zero attached hydrogens (tertiary/aromatic N) is 2. The van der Waals surface area contributed by atoms with Gasteiger partial charge < -0.3 is 14.1 Å². The molecule has 6 heteroatoms. The molecule has 1 aromatic heterocycles. The third-order valence-electron chi connectivity index (χ3n) is 2.26. The second-order valence-electron chi connectivity index (χ2n) is 3.34. The number of anilines is 1. The molecule has 16 heavy (non-hydrogen) atoms. The number of hydrogen-bond donors (Lipinski definition) is 0. The maximum atomic E-state index is 11.4. The van der Waals surface area contributed by atoms with Crippen molar-refractivity contribution >= 4 is 23.7 Å². The Balaban J connectivity index is 2.03. The number of aromatic nitrogens is 1. The minimum Gasteiger partial charge on any atom is -0.461 e. The van der Waals surface area contributed by atoms with Crippen molar-refractivity contribution in [2.24, 2.45) is 0 Å². The van der Waals surface area contributed by atoms with Crippen LogP contribution in [0.25, 0.3) is 0 Å². The molecule has 2 rings (SSSR count). The summed E-state index contributed by atoms with van der Waals surface area (Å²) in [6, 6.07) is 0.517. The summed E-state index contributed by atoms with van der Waals surface area (Å²) in [7, 11) is 0. The zero-order valence-electron chi connectivity index (χ0n) is 9.14. The molecule has 1 saturated heterocycles. The highest BCUT2D eigenvalue weighted by molar-refractivity contribution is 7.99. The standard InChI is InChI=1S/C10H14N2O3S/c1-2-14-9(13)8-7-15-10(11-8)12-3-5-16-6-4-12/h7H,2-6H2,1H3. The zero-order valence-corrected chi connectivity index (χ0v) is 9.96. The molecule has 5 nitrogen and oxygen atoms in total. The van der Waals surface area contributed by atoms with Crippen LogP contribution in [0.3, 0.4) is 0 Å². The molecule has 1 aromatic rings. The van der Waals surface area contributed by atoms with E-state index < -0.39 is 5.97 Å². The van der Waals surface area contributed by atoms with Crippen molar-refractivity contribution in [2.45, 2.75) is 6.92 Å². The van der Waals surface area contributed by atoms with Gasteiger partial charge in [0.25, 0.3) is 6.01 Å². The Hall–Kier alpha value is -1.17. The van der Waals surface area contributed by atoms with Crippen molar-refractivity contribution in [1.82, 2.24) is 4.98 Å². The highest BCUT2D eigenvalue weighted by atomic mass is 32.2. The van der Waals surface area contributed by atoms with Crippen LogP contribution in [-0.4, -0.2) is 42.2 Å². The topological polar surface area (TPSA) is 55.6 Å². The van der Waals surface area contributed by atoms with Gasteiger partial charge in [0.05, 0.1) is 6.61 Å². The van der Waals surface area contributed by atoms with Gasteiger partial charge in [-0.15, -0.1) is 0 Å². The van der Waals surface area contributed by atoms with Crippen LogP contribution < -0.4 is 4.90 Å². The van der Waals surface area contributed by atoms with Crippen LogP contribution in [0.4, 0.5) is 6.01 Å². The Morgan fingerprint density at radius 2 is 2.38 bits per heavy atom. The minimum atomic E-state index is -0.427. The summed E-state index contributed by atoms with van der Waals surface area (Å²) in [6.45, 7) is 3.93. The number of carbonyl (C=O) groups is 1. The Bertz CT molecular complexity index is 361. The lowest BCUT2D eigenvalue weighted by Crippen LogP contribution is -2.32. The molecule has 0 amide bonds. The van der Waals surface area contributed by atoms with Crippen LogP contribution in [0.5, 0.6) is 0 Å². The Labute approximate surface area is 98.2 Å². The molecule has 0 saturated carbocycles. The predicted octanol–water partition coefficient (Wildman–Crippen LogP) is 1.40. The first-order valence-electron chi connectivity index (χ1n) is 5.26. The van der Waals surface area contributed by atoms with E-state index >= 15 is 0 Å². The number of hydrogen-bond acceptors (Lipinski definition) is 6. The Morgan fingerprint density at radius 3 is 3.06 bits per heavy atom. The van der Waals surface area contributed by atoms with E-state index in [-0.39, 0.29) is 5.69 Å². The van der Waals surface area contributed by atoms with E-state index in [1.807, 2.05) is 16.7 Å². The molecule has 0 aromatic carbocycles. The van der Waals surface area contributed by atoms with E-state index in [2.05, 4.69) is 4.98 Å². The smallest absolute Gasteiger partial charge is 0.360 e. The lowest BCUT2D eigenvalue weighted by Gasteiger charge is -2.24. The molecule has 0 spiro atoms. The molecule has 88 valence electrons. The van der Waals surface area contributed by atoms with Crippen LogP contribution >= 0.6 is 11.8 Å². The summed E-state index contributed by atoms with van der Waals surface area (Å²) < 4.78 is 10.1. The molecule has 1 fully saturated rings. The van der Waals surface area contributed by atoms with Gasteiger partial charge >= 0.3 is 5.97 Å². The highest BCUT2D eigenvalue weighted by Crippen LogP contribution is 2.18. The van der Waals surface area contributed by atoms with E-state index in [4.69, 9.17) is 9.15 Å². The predicted molar refractivity (Wildman–Crippen MR) is 62.0 cm³/mol. The molecule has 1 aliphatic heterocycles. The first-order valence-corrected chi connectivity index (χ1v) is 6.42. The van der Waals surface area contributed by atoms with E-state index in [1.54, 1.807) is 6.92 Å². The van der Waals surface area contributed by atoms with Crippen LogP contribution in [-0.2, 0) is 4.74 Å². The van der Waals surface area contributed by atoms with Gasteiger partial charge in [0.15, 0.2) is 5.69 Å². The molecular formula is C10H14N2O3S. The number of rotatable bonds is 3. The zero-order chi connectivity index (χ0) is 11.4. The summed E-state index contributed by atoms with van der Waals surface area (Å²) in [5, 5.41) is 0. The maximum Gasteiger partial charge on any atom is 0.360 e. The number of oxazole rings is 1. The number of carbonyl (C=O) groups excluding carboxylic acids is 1. The van der Waals surface area contributed by atoms with Crippen molar-refractivity contribution < 1.29 is 13.9 Å². The van der Waals surface area contributed by atoms with Crippen LogP contribution in [0.2, 0.25) is 0 Å². The fourth-order valence-electron chi connectivity index (χ4n) is 1.46. The molecule has 2 heterocycles. The summed E-state index contributed by atoms with van der Waals surface area (Å²) in [5.41, 5.74) is 0.245. The first-order chi connectivity index (χ1) is 7.81. The van der Waals surface area contributed by atoms with Crippen LogP contribution in [0.1, 0.15) is 17.4 Å². The quantitative estimate of drug-likeness (QED) is 0.747. The molecule has 0 aliphatic carbocycles. The van der Waals surface area contributed by atoms with Crippen molar-refractivity contribution in [3.05, 3.63) is 12.0 Å². The number of thioether (sulfide) groups is 1. The van der Waals surface area contributed by atoms with Crippen LogP contribution in [0, 0.1) is 0 Å². The molecule has 0 bridgehead atoms. The highest BCUT2D eigenvalue weighted by Gasteiger charge is 2.19. The van der Waals surface area contributed by atoms with E-state index in [0.717, 1.165) is 24.6 Å². The van der Waals surface area contributed by atoms with Crippen molar-refractivity contribution in [1.29, 1.82) is 0 Å². The fraction of sp³-hybridized carbons (Fsp3) is 0.600. The van der Waals surface area contributed by atoms with Gasteiger partial charge in [-0.1, -0.05) is 0 Å². The Morgan fingerprint density at radius 1 is 1.62 bits per heavy atom. The maximum absolute atomic E-state index is 11.4. The lowest BCUT2D eigenvalue weighted by atomic mass is 10.5. The lowest BCUT2D eigenvalue weighted by molar-refractivity contribution is 0.0519. The monoisotopic (exact) mass is 242 g/mol. The van der Waals surface area contributed by atoms with Gasteiger partial charge in [-0.3, -0.25) is 0 Å². The molecule has 0 atom stereocenters. The number of esters is 1. The largest absolute Gasteiger partial charge is 0.461 e. The average Bonchev–Trinajstić information content (AvgIpc) is 2.80. The van der Waals surface area contributed by atoms with Crippen molar-refractivity contribution in [3.63, 3.8) is 0 Å². The van der Waals surface area contributed by atoms with Gasteiger partial charge in [0.1, 0.15) is 6.26 Å². The summed E-state index contributed by atoms with van der Waals surface area (Å²) in [4.78, 5) is 17.5. The summed E-state index contributed by atoms with van der Waals surface area (Å²) in [5.74, 6) is 1.71. The summed E-state index contributed by atoms with van der Waals surface area (Å²) >= 11 is 1.91. The van der Waals surface area contributed by atoms with Gasteiger partial charge in [-0.05, 0) is 6.92 Å². The first kappa shape index (κ1) is 11.3. The second kappa shape index (κ2) is 5.25. The molecule has 0 unspecified atom stereocenters. The average molecular weight is 242 g/mol. The third kappa shape index (κ3) is 2.49. The van der Waals surface area contributed by atoms with Crippen LogP contribution in [0.15, 0.2) is 10.7 Å². The van der Waals surface area contributed by atoms with Gasteiger partial charge in [-0.2, -0.15) is 16.7 Å². The molecular weight excluding hydrogens is 228 g/mol. The SMILES string of the molecule is CCOC(=O)c1coc(N2CCSCC2)n1. The van der Waals surface area contributed by atoms with Gasteiger partial charge in [-0.25, -0.2) is 4.79 Å². The van der Waals surface area contributed by atoms with Crippen molar-refractivity contribution in [2.75, 3.05) is 36.1 Å². The normalized spacial score (nSPS) is 16.2. The van der Waals surface area contributed by atoms with Crippen molar-refractivity contribution in [3.8, 4) is 0 Å². The third-order valence-corrected chi connectivity index (χ3v) is 3.20. The molecule has 1 aliphatic rings. The molecule has 0 N–H and O–H groups in total. The van der Waals surface area contributed by atoms with Gasteiger partial charge in [0.2, 0.25) is 0 Å².